The molecule has 1 aliphatic rings. The van der Waals surface area contributed by atoms with Crippen molar-refractivity contribution in [2.24, 2.45) is 5.92 Å². The summed E-state index contributed by atoms with van der Waals surface area (Å²) in [5.41, 5.74) is 0.776. The number of carbonyl (C=O) groups is 2. The normalized spacial score (nSPS) is 16.7. The summed E-state index contributed by atoms with van der Waals surface area (Å²) in [4.78, 5) is 26.1. The predicted molar refractivity (Wildman–Crippen MR) is 91.3 cm³/mol. The van der Waals surface area contributed by atoms with Crippen LogP contribution in [0, 0.1) is 5.92 Å². The van der Waals surface area contributed by atoms with Crippen molar-refractivity contribution in [2.75, 3.05) is 32.0 Å². The predicted octanol–water partition coefficient (Wildman–Crippen LogP) is 1.65. The Morgan fingerprint density at radius 3 is 2.48 bits per heavy atom. The summed E-state index contributed by atoms with van der Waals surface area (Å²) in [7, 11) is 1.85. The van der Waals surface area contributed by atoms with E-state index in [4.69, 9.17) is 0 Å². The first-order valence-electron chi connectivity index (χ1n) is 8.16. The molecule has 0 aromatic heterocycles. The molecule has 0 saturated carbocycles. The molecule has 126 valence electrons. The van der Waals surface area contributed by atoms with Crippen LogP contribution in [0.5, 0.6) is 0 Å². The van der Waals surface area contributed by atoms with Crippen LogP contribution in [0.2, 0.25) is 0 Å². The largest absolute Gasteiger partial charge is 0.342 e. The topological polar surface area (TPSA) is 73.5 Å². The minimum atomic E-state index is -0.190. The van der Waals surface area contributed by atoms with Crippen molar-refractivity contribution in [2.45, 2.75) is 25.8 Å². The van der Waals surface area contributed by atoms with Crippen molar-refractivity contribution in [1.82, 2.24) is 15.5 Å². The van der Waals surface area contributed by atoms with Crippen LogP contribution in [-0.4, -0.2) is 49.6 Å². The van der Waals surface area contributed by atoms with E-state index in [9.17, 15) is 9.59 Å². The molecule has 6 heteroatoms. The van der Waals surface area contributed by atoms with Gasteiger partial charge in [0, 0.05) is 37.3 Å². The summed E-state index contributed by atoms with van der Waals surface area (Å²) in [6.45, 7) is 4.03. The van der Waals surface area contributed by atoms with Crippen LogP contribution >= 0.6 is 0 Å². The van der Waals surface area contributed by atoms with Gasteiger partial charge in [-0.25, -0.2) is 4.79 Å². The number of para-hydroxylation sites is 1. The van der Waals surface area contributed by atoms with Crippen molar-refractivity contribution < 1.29 is 9.59 Å². The zero-order valence-corrected chi connectivity index (χ0v) is 13.8. The van der Waals surface area contributed by atoms with E-state index in [2.05, 4.69) is 16.0 Å². The van der Waals surface area contributed by atoms with E-state index in [0.717, 1.165) is 18.5 Å². The molecule has 1 unspecified atom stereocenters. The fourth-order valence-electron chi connectivity index (χ4n) is 2.82. The number of rotatable bonds is 5. The third kappa shape index (κ3) is 5.25. The van der Waals surface area contributed by atoms with Crippen LogP contribution in [-0.2, 0) is 4.79 Å². The van der Waals surface area contributed by atoms with E-state index in [-0.39, 0.29) is 23.9 Å². The molecule has 23 heavy (non-hydrogen) atoms. The highest BCUT2D eigenvalue weighted by Crippen LogP contribution is 2.14. The molecule has 1 saturated heterocycles. The number of nitrogens with zero attached hydrogens (tertiary/aromatic N) is 1. The number of hydrogen-bond acceptors (Lipinski definition) is 3. The number of nitrogens with one attached hydrogen (secondary N) is 3. The van der Waals surface area contributed by atoms with Crippen LogP contribution in [0.25, 0.3) is 0 Å². The number of piperidine rings is 1. The molecular weight excluding hydrogens is 292 g/mol. The van der Waals surface area contributed by atoms with Gasteiger partial charge in [-0.2, -0.15) is 0 Å². The Balaban J connectivity index is 1.74. The molecule has 1 aromatic rings. The zero-order valence-electron chi connectivity index (χ0n) is 13.8. The Hall–Kier alpha value is -2.08. The maximum absolute atomic E-state index is 12.2. The molecule has 1 heterocycles. The highest BCUT2D eigenvalue weighted by atomic mass is 16.2. The van der Waals surface area contributed by atoms with Crippen LogP contribution in [0.1, 0.15) is 19.8 Å². The molecule has 0 aliphatic carbocycles. The second-order valence-electron chi connectivity index (χ2n) is 6.02. The summed E-state index contributed by atoms with van der Waals surface area (Å²) >= 11 is 0. The number of likely N-dealkylation sites (tertiary alicyclic amines) is 1. The maximum Gasteiger partial charge on any atom is 0.319 e. The molecule has 0 bridgehead atoms. The standard InChI is InChI=1S/C17H26N4O2/c1-13(12-18-2)16(22)21-10-8-15(9-11-21)20-17(23)19-14-6-4-3-5-7-14/h3-7,13,15,18H,8-12H2,1-2H3,(H2,19,20,23). The van der Waals surface area contributed by atoms with E-state index in [1.165, 1.54) is 0 Å². The Morgan fingerprint density at radius 1 is 1.22 bits per heavy atom. The Morgan fingerprint density at radius 2 is 1.87 bits per heavy atom. The third-order valence-corrected chi connectivity index (χ3v) is 4.11. The Kier molecular flexibility index (Phi) is 6.40. The molecule has 6 nitrogen and oxygen atoms in total. The lowest BCUT2D eigenvalue weighted by Gasteiger charge is -2.34. The summed E-state index contributed by atoms with van der Waals surface area (Å²) in [6, 6.07) is 9.30. The van der Waals surface area contributed by atoms with Crippen molar-refractivity contribution in [3.63, 3.8) is 0 Å². The molecule has 1 aromatic carbocycles. The van der Waals surface area contributed by atoms with Gasteiger partial charge < -0.3 is 20.9 Å². The highest BCUT2D eigenvalue weighted by Gasteiger charge is 2.26. The summed E-state index contributed by atoms with van der Waals surface area (Å²) < 4.78 is 0. The molecular formula is C17H26N4O2. The van der Waals surface area contributed by atoms with Crippen LogP contribution < -0.4 is 16.0 Å². The first-order chi connectivity index (χ1) is 11.1. The van der Waals surface area contributed by atoms with Gasteiger partial charge in [0.25, 0.3) is 0 Å². The molecule has 2 rings (SSSR count). The molecule has 1 atom stereocenters. The number of hydrogen-bond donors (Lipinski definition) is 3. The van der Waals surface area contributed by atoms with E-state index < -0.39 is 0 Å². The van der Waals surface area contributed by atoms with Gasteiger partial charge in [0.2, 0.25) is 5.91 Å². The fraction of sp³-hybridized carbons (Fsp3) is 0.529. The molecule has 0 spiro atoms. The number of amides is 3. The number of anilines is 1. The minimum Gasteiger partial charge on any atom is -0.342 e. The second-order valence-corrected chi connectivity index (χ2v) is 6.02. The fourth-order valence-corrected chi connectivity index (χ4v) is 2.82. The second kappa shape index (κ2) is 8.53. The molecule has 1 aliphatic heterocycles. The molecule has 1 fully saturated rings. The average Bonchev–Trinajstić information content (AvgIpc) is 2.56. The Labute approximate surface area is 137 Å². The van der Waals surface area contributed by atoms with E-state index >= 15 is 0 Å². The van der Waals surface area contributed by atoms with Gasteiger partial charge in [-0.3, -0.25) is 4.79 Å². The first kappa shape index (κ1) is 17.3. The summed E-state index contributed by atoms with van der Waals surface area (Å²) in [5.74, 6) is 0.178. The van der Waals surface area contributed by atoms with Crippen molar-refractivity contribution in [3.05, 3.63) is 30.3 Å². The van der Waals surface area contributed by atoms with Gasteiger partial charge >= 0.3 is 6.03 Å². The summed E-state index contributed by atoms with van der Waals surface area (Å²) in [6.07, 6.45) is 1.58. The molecule has 0 radical (unpaired) electrons. The van der Waals surface area contributed by atoms with Gasteiger partial charge in [-0.1, -0.05) is 25.1 Å². The number of benzene rings is 1. The average molecular weight is 318 g/mol. The van der Waals surface area contributed by atoms with Crippen molar-refractivity contribution in [1.29, 1.82) is 0 Å². The van der Waals surface area contributed by atoms with Crippen LogP contribution in [0.15, 0.2) is 30.3 Å². The first-order valence-corrected chi connectivity index (χ1v) is 8.16. The lowest BCUT2D eigenvalue weighted by atomic mass is 10.0. The third-order valence-electron chi connectivity index (χ3n) is 4.11. The number of urea groups is 1. The zero-order chi connectivity index (χ0) is 16.7. The molecule has 3 N–H and O–H groups in total. The maximum atomic E-state index is 12.2. The minimum absolute atomic E-state index is 0.00844. The number of carbonyl (C=O) groups excluding carboxylic acids is 2. The monoisotopic (exact) mass is 318 g/mol. The van der Waals surface area contributed by atoms with Crippen molar-refractivity contribution in [3.8, 4) is 0 Å². The van der Waals surface area contributed by atoms with Gasteiger partial charge in [0.15, 0.2) is 0 Å². The van der Waals surface area contributed by atoms with Crippen LogP contribution in [0.4, 0.5) is 10.5 Å². The van der Waals surface area contributed by atoms with Crippen molar-refractivity contribution >= 4 is 17.6 Å². The van der Waals surface area contributed by atoms with Gasteiger partial charge in [-0.05, 0) is 32.0 Å². The van der Waals surface area contributed by atoms with Crippen LogP contribution in [0.3, 0.4) is 0 Å². The van der Waals surface area contributed by atoms with Gasteiger partial charge in [-0.15, -0.1) is 0 Å². The summed E-state index contributed by atoms with van der Waals surface area (Å²) in [5, 5.41) is 8.83. The van der Waals surface area contributed by atoms with Gasteiger partial charge in [0.1, 0.15) is 0 Å². The highest BCUT2D eigenvalue weighted by molar-refractivity contribution is 5.89. The molecule has 3 amide bonds. The SMILES string of the molecule is CNCC(C)C(=O)N1CCC(NC(=O)Nc2ccccc2)CC1. The Bertz CT molecular complexity index is 513. The quantitative estimate of drug-likeness (QED) is 0.773. The lowest BCUT2D eigenvalue weighted by Crippen LogP contribution is -2.49. The van der Waals surface area contributed by atoms with E-state index in [0.29, 0.717) is 19.6 Å². The van der Waals surface area contributed by atoms with Gasteiger partial charge in [0.05, 0.1) is 0 Å². The smallest absolute Gasteiger partial charge is 0.319 e. The van der Waals surface area contributed by atoms with E-state index in [1.54, 1.807) is 0 Å². The lowest BCUT2D eigenvalue weighted by molar-refractivity contribution is -0.135. The van der Waals surface area contributed by atoms with E-state index in [1.807, 2.05) is 49.2 Å².